The van der Waals surface area contributed by atoms with Crippen molar-refractivity contribution >= 4 is 17.6 Å². The minimum atomic E-state index is 0.276. The van der Waals surface area contributed by atoms with E-state index in [0.29, 0.717) is 24.1 Å². The van der Waals surface area contributed by atoms with Crippen molar-refractivity contribution < 1.29 is 14.2 Å². The Morgan fingerprint density at radius 1 is 1.12 bits per heavy atom. The van der Waals surface area contributed by atoms with E-state index >= 15 is 0 Å². The maximum Gasteiger partial charge on any atom is 0.231 e. The van der Waals surface area contributed by atoms with E-state index in [-0.39, 0.29) is 6.79 Å². The molecular weight excluding hydrogens is 342 g/mol. The number of aliphatic imine (C=N–C) groups is 1. The monoisotopic (exact) mass is 361 g/mol. The van der Waals surface area contributed by atoms with Crippen LogP contribution in [0.25, 0.3) is 0 Å². The molecule has 25 heavy (non-hydrogen) atoms. The third-order valence-electron chi connectivity index (χ3n) is 3.82. The molecule has 2 N–H and O–H groups in total. The number of hydrogen-bond acceptors (Lipinski definition) is 4. The summed E-state index contributed by atoms with van der Waals surface area (Å²) in [7, 11) is 3.36. The molecule has 0 unspecified atom stereocenters. The summed E-state index contributed by atoms with van der Waals surface area (Å²) >= 11 is 5.99. The van der Waals surface area contributed by atoms with Crippen LogP contribution in [0.2, 0.25) is 5.02 Å². The number of nitrogens with one attached hydrogen (secondary N) is 2. The molecule has 2 aromatic rings. The van der Waals surface area contributed by atoms with Crippen LogP contribution in [-0.2, 0) is 13.1 Å². The lowest BCUT2D eigenvalue weighted by molar-refractivity contribution is 0.174. The summed E-state index contributed by atoms with van der Waals surface area (Å²) in [6.45, 7) is 1.47. The van der Waals surface area contributed by atoms with Gasteiger partial charge in [0.15, 0.2) is 17.5 Å². The molecule has 0 aliphatic carbocycles. The normalized spacial score (nSPS) is 12.8. The molecule has 2 aromatic carbocycles. The van der Waals surface area contributed by atoms with Gasteiger partial charge in [-0.3, -0.25) is 4.99 Å². The van der Waals surface area contributed by atoms with Crippen molar-refractivity contribution in [3.05, 3.63) is 52.5 Å². The zero-order chi connectivity index (χ0) is 17.6. The Labute approximate surface area is 151 Å². The van der Waals surface area contributed by atoms with Crippen LogP contribution in [-0.4, -0.2) is 26.9 Å². The minimum absolute atomic E-state index is 0.276. The van der Waals surface area contributed by atoms with Gasteiger partial charge < -0.3 is 24.8 Å². The number of fused-ring (bicyclic) bond motifs is 1. The first-order valence-corrected chi connectivity index (χ1v) is 8.23. The minimum Gasteiger partial charge on any atom is -0.496 e. The number of methoxy groups -OCH3 is 1. The van der Waals surface area contributed by atoms with Crippen LogP contribution < -0.4 is 24.8 Å². The largest absolute Gasteiger partial charge is 0.496 e. The Morgan fingerprint density at radius 2 is 1.92 bits per heavy atom. The zero-order valence-electron chi connectivity index (χ0n) is 14.1. The van der Waals surface area contributed by atoms with Crippen LogP contribution in [0.3, 0.4) is 0 Å². The second-order valence-electron chi connectivity index (χ2n) is 5.42. The molecule has 0 bridgehead atoms. The molecule has 7 heteroatoms. The van der Waals surface area contributed by atoms with E-state index in [0.717, 1.165) is 28.4 Å². The summed E-state index contributed by atoms with van der Waals surface area (Å²) in [4.78, 5) is 4.24. The fraction of sp³-hybridized carbons (Fsp3) is 0.278. The topological polar surface area (TPSA) is 64.1 Å². The molecule has 1 heterocycles. The maximum absolute atomic E-state index is 5.99. The summed E-state index contributed by atoms with van der Waals surface area (Å²) in [6, 6.07) is 11.4. The SMILES string of the molecule is CN=C(NCc1ccc2c(c1)OCO2)NCc1ccc(Cl)cc1OC. The number of guanidine groups is 1. The molecule has 0 saturated heterocycles. The second-order valence-corrected chi connectivity index (χ2v) is 5.86. The molecule has 1 aliphatic rings. The van der Waals surface area contributed by atoms with Crippen molar-refractivity contribution in [1.82, 2.24) is 10.6 Å². The summed E-state index contributed by atoms with van der Waals surface area (Å²) in [5.74, 6) is 2.98. The van der Waals surface area contributed by atoms with Crippen molar-refractivity contribution in [2.75, 3.05) is 21.0 Å². The molecule has 0 fully saturated rings. The number of halogens is 1. The van der Waals surface area contributed by atoms with Crippen molar-refractivity contribution in [2.45, 2.75) is 13.1 Å². The Bertz CT molecular complexity index is 780. The van der Waals surface area contributed by atoms with Crippen LogP contribution in [0, 0.1) is 0 Å². The number of benzene rings is 2. The van der Waals surface area contributed by atoms with Gasteiger partial charge >= 0.3 is 0 Å². The average Bonchev–Trinajstić information content (AvgIpc) is 3.10. The Kier molecular flexibility index (Phi) is 5.50. The number of rotatable bonds is 5. The summed E-state index contributed by atoms with van der Waals surface area (Å²) < 4.78 is 16.1. The molecule has 132 valence electrons. The predicted octanol–water partition coefficient (Wildman–Crippen LogP) is 2.94. The first-order chi connectivity index (χ1) is 12.2. The predicted molar refractivity (Wildman–Crippen MR) is 97.6 cm³/mol. The highest BCUT2D eigenvalue weighted by atomic mass is 35.5. The van der Waals surface area contributed by atoms with E-state index in [1.54, 1.807) is 20.2 Å². The lowest BCUT2D eigenvalue weighted by Crippen LogP contribution is -2.36. The third-order valence-corrected chi connectivity index (χ3v) is 4.05. The van der Waals surface area contributed by atoms with Crippen LogP contribution in [0.5, 0.6) is 17.2 Å². The van der Waals surface area contributed by atoms with Gasteiger partial charge in [0.05, 0.1) is 7.11 Å². The van der Waals surface area contributed by atoms with Crippen molar-refractivity contribution in [3.8, 4) is 17.2 Å². The van der Waals surface area contributed by atoms with Crippen LogP contribution in [0.4, 0.5) is 0 Å². The molecule has 0 atom stereocenters. The summed E-state index contributed by atoms with van der Waals surface area (Å²) in [5.41, 5.74) is 2.08. The Morgan fingerprint density at radius 3 is 2.72 bits per heavy atom. The van der Waals surface area contributed by atoms with Gasteiger partial charge in [0.1, 0.15) is 5.75 Å². The lowest BCUT2D eigenvalue weighted by atomic mass is 10.2. The summed E-state index contributed by atoms with van der Waals surface area (Å²) in [6.07, 6.45) is 0. The fourth-order valence-electron chi connectivity index (χ4n) is 2.50. The van der Waals surface area contributed by atoms with Gasteiger partial charge in [-0.25, -0.2) is 0 Å². The number of hydrogen-bond donors (Lipinski definition) is 2. The van der Waals surface area contributed by atoms with Crippen molar-refractivity contribution in [1.29, 1.82) is 0 Å². The van der Waals surface area contributed by atoms with E-state index < -0.39 is 0 Å². The quantitative estimate of drug-likeness (QED) is 0.633. The highest BCUT2D eigenvalue weighted by Gasteiger charge is 2.13. The third kappa shape index (κ3) is 4.28. The highest BCUT2D eigenvalue weighted by molar-refractivity contribution is 6.30. The first-order valence-electron chi connectivity index (χ1n) is 7.85. The standard InChI is InChI=1S/C18H20ClN3O3/c1-20-18(22-10-13-4-5-14(19)8-16(13)23-2)21-9-12-3-6-15-17(7-12)25-11-24-15/h3-8H,9-11H2,1-2H3,(H2,20,21,22). The molecule has 0 radical (unpaired) electrons. The van der Waals surface area contributed by atoms with Crippen LogP contribution in [0.15, 0.2) is 41.4 Å². The molecule has 0 aromatic heterocycles. The van der Waals surface area contributed by atoms with Gasteiger partial charge in [0, 0.05) is 30.7 Å². The van der Waals surface area contributed by atoms with Gasteiger partial charge in [0.25, 0.3) is 0 Å². The summed E-state index contributed by atoms with van der Waals surface area (Å²) in [5, 5.41) is 7.18. The molecule has 0 spiro atoms. The maximum atomic E-state index is 5.99. The van der Waals surface area contributed by atoms with Crippen molar-refractivity contribution in [3.63, 3.8) is 0 Å². The van der Waals surface area contributed by atoms with Gasteiger partial charge in [-0.2, -0.15) is 0 Å². The van der Waals surface area contributed by atoms with Gasteiger partial charge in [-0.15, -0.1) is 0 Å². The van der Waals surface area contributed by atoms with Crippen molar-refractivity contribution in [2.24, 2.45) is 4.99 Å². The van der Waals surface area contributed by atoms with Gasteiger partial charge in [0.2, 0.25) is 6.79 Å². The van der Waals surface area contributed by atoms with E-state index in [1.807, 2.05) is 30.3 Å². The Hall–Kier alpha value is -2.60. The molecule has 1 aliphatic heterocycles. The van der Waals surface area contributed by atoms with E-state index in [4.69, 9.17) is 25.8 Å². The van der Waals surface area contributed by atoms with E-state index in [9.17, 15) is 0 Å². The van der Waals surface area contributed by atoms with Crippen LogP contribution in [0.1, 0.15) is 11.1 Å². The average molecular weight is 362 g/mol. The first kappa shape index (κ1) is 17.2. The van der Waals surface area contributed by atoms with E-state index in [1.165, 1.54) is 0 Å². The molecule has 0 amide bonds. The molecule has 3 rings (SSSR count). The second kappa shape index (κ2) is 7.98. The Balaban J connectivity index is 1.57. The highest BCUT2D eigenvalue weighted by Crippen LogP contribution is 2.32. The lowest BCUT2D eigenvalue weighted by Gasteiger charge is -2.14. The number of ether oxygens (including phenoxy) is 3. The fourth-order valence-corrected chi connectivity index (χ4v) is 2.66. The van der Waals surface area contributed by atoms with Gasteiger partial charge in [-0.1, -0.05) is 23.7 Å². The zero-order valence-corrected chi connectivity index (χ0v) is 14.9. The van der Waals surface area contributed by atoms with Gasteiger partial charge in [-0.05, 0) is 29.8 Å². The number of nitrogens with zero attached hydrogens (tertiary/aromatic N) is 1. The van der Waals surface area contributed by atoms with E-state index in [2.05, 4.69) is 15.6 Å². The molecule has 0 saturated carbocycles. The molecular formula is C18H20ClN3O3. The smallest absolute Gasteiger partial charge is 0.231 e. The molecule has 6 nitrogen and oxygen atoms in total. The van der Waals surface area contributed by atoms with Crippen LogP contribution >= 0.6 is 11.6 Å².